The zero-order valence-corrected chi connectivity index (χ0v) is 15.8. The van der Waals surface area contributed by atoms with Crippen molar-refractivity contribution in [2.24, 2.45) is 5.92 Å². The fourth-order valence-electron chi connectivity index (χ4n) is 3.16. The number of benzene rings is 1. The van der Waals surface area contributed by atoms with Crippen LogP contribution in [0.15, 0.2) is 12.1 Å². The first kappa shape index (κ1) is 18.3. The van der Waals surface area contributed by atoms with Crippen LogP contribution < -0.4 is 10.1 Å². The number of aliphatic hydroxyl groups excluding tert-OH is 1. The molecule has 25 heavy (non-hydrogen) atoms. The minimum Gasteiger partial charge on any atom is -0.490 e. The maximum atomic E-state index is 12.0. The Morgan fingerprint density at radius 2 is 2.08 bits per heavy atom. The standard InChI is InChI=1S/C19H26ClNO4/c1-18(2,3)25-17(23)21-19(6-7-19)11-24-15-5-4-13-8-12(10-22)9-14(13)16(15)20/h4-5,12,22H,6-11H2,1-3H3,(H,21,23). The van der Waals surface area contributed by atoms with E-state index in [1.54, 1.807) is 0 Å². The highest BCUT2D eigenvalue weighted by Crippen LogP contribution is 2.40. The topological polar surface area (TPSA) is 67.8 Å². The Hall–Kier alpha value is -1.46. The van der Waals surface area contributed by atoms with Crippen molar-refractivity contribution in [2.75, 3.05) is 13.2 Å². The maximum Gasteiger partial charge on any atom is 0.408 e. The van der Waals surface area contributed by atoms with Gasteiger partial charge in [-0.25, -0.2) is 4.79 Å². The molecule has 2 aliphatic rings. The summed E-state index contributed by atoms with van der Waals surface area (Å²) < 4.78 is 11.2. The van der Waals surface area contributed by atoms with E-state index in [1.165, 1.54) is 5.56 Å². The SMILES string of the molecule is CC(C)(C)OC(=O)NC1(COc2ccc3c(c2Cl)CC(CO)C3)CC1. The minimum atomic E-state index is -0.520. The van der Waals surface area contributed by atoms with Gasteiger partial charge in [0, 0.05) is 6.61 Å². The van der Waals surface area contributed by atoms with Crippen LogP contribution in [0.4, 0.5) is 4.79 Å². The highest BCUT2D eigenvalue weighted by Gasteiger charge is 2.46. The predicted octanol–water partition coefficient (Wildman–Crippen LogP) is 3.48. The Labute approximate surface area is 153 Å². The van der Waals surface area contributed by atoms with E-state index in [2.05, 4.69) is 5.32 Å². The lowest BCUT2D eigenvalue weighted by molar-refractivity contribution is 0.0477. The van der Waals surface area contributed by atoms with Crippen molar-refractivity contribution in [3.63, 3.8) is 0 Å². The summed E-state index contributed by atoms with van der Waals surface area (Å²) in [5.41, 5.74) is 1.37. The number of alkyl carbamates (subject to hydrolysis) is 1. The number of hydrogen-bond acceptors (Lipinski definition) is 4. The van der Waals surface area contributed by atoms with Gasteiger partial charge in [-0.15, -0.1) is 0 Å². The van der Waals surface area contributed by atoms with E-state index >= 15 is 0 Å². The van der Waals surface area contributed by atoms with Crippen LogP contribution in [-0.2, 0) is 17.6 Å². The molecule has 1 unspecified atom stereocenters. The van der Waals surface area contributed by atoms with E-state index in [0.717, 1.165) is 31.2 Å². The van der Waals surface area contributed by atoms with Gasteiger partial charge in [-0.1, -0.05) is 17.7 Å². The number of hydrogen-bond donors (Lipinski definition) is 2. The molecule has 0 spiro atoms. The molecule has 5 nitrogen and oxygen atoms in total. The molecule has 0 radical (unpaired) electrons. The Balaban J connectivity index is 1.60. The fourth-order valence-corrected chi connectivity index (χ4v) is 3.47. The van der Waals surface area contributed by atoms with E-state index in [9.17, 15) is 9.90 Å². The molecule has 0 heterocycles. The summed E-state index contributed by atoms with van der Waals surface area (Å²) in [5, 5.41) is 12.9. The molecule has 0 aromatic heterocycles. The first-order chi connectivity index (χ1) is 11.7. The summed E-state index contributed by atoms with van der Waals surface area (Å²) >= 11 is 6.50. The van der Waals surface area contributed by atoms with Crippen LogP contribution in [0.25, 0.3) is 0 Å². The van der Waals surface area contributed by atoms with Crippen LogP contribution in [0.1, 0.15) is 44.7 Å². The Morgan fingerprint density at radius 1 is 1.36 bits per heavy atom. The van der Waals surface area contributed by atoms with Crippen molar-refractivity contribution in [3.05, 3.63) is 28.3 Å². The molecule has 6 heteroatoms. The fraction of sp³-hybridized carbons (Fsp3) is 0.632. The number of nitrogens with one attached hydrogen (secondary N) is 1. The van der Waals surface area contributed by atoms with Crippen molar-refractivity contribution >= 4 is 17.7 Å². The number of amides is 1. The molecule has 2 aliphatic carbocycles. The lowest BCUT2D eigenvalue weighted by atomic mass is 10.1. The molecule has 1 aromatic carbocycles. The molecular formula is C19H26ClNO4. The number of fused-ring (bicyclic) bond motifs is 1. The van der Waals surface area contributed by atoms with Crippen molar-refractivity contribution < 1.29 is 19.4 Å². The molecule has 0 aliphatic heterocycles. The molecule has 1 amide bonds. The van der Waals surface area contributed by atoms with Gasteiger partial charge in [0.15, 0.2) is 0 Å². The summed E-state index contributed by atoms with van der Waals surface area (Å²) in [7, 11) is 0. The summed E-state index contributed by atoms with van der Waals surface area (Å²) in [5.74, 6) is 0.877. The summed E-state index contributed by atoms with van der Waals surface area (Å²) in [4.78, 5) is 12.0. The predicted molar refractivity (Wildman–Crippen MR) is 96.3 cm³/mol. The van der Waals surface area contributed by atoms with Gasteiger partial charge in [0.1, 0.15) is 18.0 Å². The van der Waals surface area contributed by atoms with E-state index in [0.29, 0.717) is 17.4 Å². The van der Waals surface area contributed by atoms with Crippen LogP contribution in [0.2, 0.25) is 5.02 Å². The van der Waals surface area contributed by atoms with Crippen molar-refractivity contribution in [2.45, 2.75) is 57.6 Å². The molecule has 3 rings (SSSR count). The van der Waals surface area contributed by atoms with Gasteiger partial charge < -0.3 is 19.9 Å². The Kier molecular flexibility index (Phi) is 4.91. The number of rotatable bonds is 5. The van der Waals surface area contributed by atoms with Gasteiger partial charge in [0.2, 0.25) is 0 Å². The highest BCUT2D eigenvalue weighted by atomic mass is 35.5. The Bertz CT molecular complexity index is 664. The number of ether oxygens (including phenoxy) is 2. The molecule has 1 saturated carbocycles. The first-order valence-electron chi connectivity index (χ1n) is 8.76. The third kappa shape index (κ3) is 4.39. The van der Waals surface area contributed by atoms with Crippen LogP contribution in [0.5, 0.6) is 5.75 Å². The molecule has 0 saturated heterocycles. The summed E-state index contributed by atoms with van der Waals surface area (Å²) in [6.45, 7) is 6.06. The van der Waals surface area contributed by atoms with E-state index < -0.39 is 11.7 Å². The van der Waals surface area contributed by atoms with E-state index in [-0.39, 0.29) is 18.1 Å². The molecule has 1 fully saturated rings. The second kappa shape index (κ2) is 6.69. The van der Waals surface area contributed by atoms with Crippen molar-refractivity contribution in [1.29, 1.82) is 0 Å². The zero-order valence-electron chi connectivity index (χ0n) is 15.0. The average Bonchev–Trinajstić information content (AvgIpc) is 3.12. The largest absolute Gasteiger partial charge is 0.490 e. The monoisotopic (exact) mass is 367 g/mol. The van der Waals surface area contributed by atoms with Gasteiger partial charge in [-0.05, 0) is 69.6 Å². The Morgan fingerprint density at radius 3 is 2.68 bits per heavy atom. The van der Waals surface area contributed by atoms with Crippen LogP contribution in [-0.4, -0.2) is 35.6 Å². The molecule has 1 atom stereocenters. The maximum absolute atomic E-state index is 12.0. The molecule has 138 valence electrons. The highest BCUT2D eigenvalue weighted by molar-refractivity contribution is 6.33. The van der Waals surface area contributed by atoms with Gasteiger partial charge >= 0.3 is 6.09 Å². The second-order valence-corrected chi connectivity index (χ2v) is 8.55. The van der Waals surface area contributed by atoms with Crippen LogP contribution in [0, 0.1) is 5.92 Å². The molecule has 2 N–H and O–H groups in total. The number of carbonyl (C=O) groups excluding carboxylic acids is 1. The summed E-state index contributed by atoms with van der Waals surface area (Å²) in [6.07, 6.45) is 2.95. The van der Waals surface area contributed by atoms with Crippen LogP contribution in [0.3, 0.4) is 0 Å². The summed E-state index contributed by atoms with van der Waals surface area (Å²) in [6, 6.07) is 3.90. The van der Waals surface area contributed by atoms with Crippen molar-refractivity contribution in [3.8, 4) is 5.75 Å². The van der Waals surface area contributed by atoms with Crippen molar-refractivity contribution in [1.82, 2.24) is 5.32 Å². The van der Waals surface area contributed by atoms with E-state index in [4.69, 9.17) is 21.1 Å². The lowest BCUT2D eigenvalue weighted by Gasteiger charge is -2.23. The van der Waals surface area contributed by atoms with Crippen LogP contribution >= 0.6 is 11.6 Å². The third-order valence-corrected chi connectivity index (χ3v) is 5.10. The average molecular weight is 368 g/mol. The van der Waals surface area contributed by atoms with Gasteiger partial charge in [0.05, 0.1) is 10.6 Å². The zero-order chi connectivity index (χ0) is 18.2. The minimum absolute atomic E-state index is 0.171. The normalized spacial score (nSPS) is 20.8. The van der Waals surface area contributed by atoms with Gasteiger partial charge in [-0.2, -0.15) is 0 Å². The number of aliphatic hydroxyl groups is 1. The number of halogens is 1. The lowest BCUT2D eigenvalue weighted by Crippen LogP contribution is -2.44. The van der Waals surface area contributed by atoms with E-state index in [1.807, 2.05) is 32.9 Å². The molecule has 0 bridgehead atoms. The first-order valence-corrected chi connectivity index (χ1v) is 9.14. The molecular weight excluding hydrogens is 342 g/mol. The quantitative estimate of drug-likeness (QED) is 0.836. The smallest absolute Gasteiger partial charge is 0.408 e. The second-order valence-electron chi connectivity index (χ2n) is 8.17. The third-order valence-electron chi connectivity index (χ3n) is 4.69. The number of carbonyl (C=O) groups is 1. The van der Waals surface area contributed by atoms with Gasteiger partial charge in [-0.3, -0.25) is 0 Å². The molecule has 1 aromatic rings. The van der Waals surface area contributed by atoms with Gasteiger partial charge in [0.25, 0.3) is 0 Å².